The van der Waals surface area contributed by atoms with Crippen LogP contribution >= 0.6 is 11.3 Å². The lowest BCUT2D eigenvalue weighted by Crippen LogP contribution is -2.24. The molecule has 0 radical (unpaired) electrons. The van der Waals surface area contributed by atoms with E-state index in [1.54, 1.807) is 11.3 Å². The Bertz CT molecular complexity index is 299. The van der Waals surface area contributed by atoms with E-state index in [9.17, 15) is 0 Å². The fourth-order valence-electron chi connectivity index (χ4n) is 2.35. The summed E-state index contributed by atoms with van der Waals surface area (Å²) in [4.78, 5) is 5.44. The van der Waals surface area contributed by atoms with Gasteiger partial charge in [0.15, 0.2) is 0 Å². The molecule has 76 valence electrons. The summed E-state index contributed by atoms with van der Waals surface area (Å²) in [5, 5.41) is 3.58. The molecule has 2 saturated carbocycles. The summed E-state index contributed by atoms with van der Waals surface area (Å²) in [6.07, 6.45) is 7.87. The van der Waals surface area contributed by atoms with Gasteiger partial charge in [0, 0.05) is 24.2 Å². The minimum absolute atomic E-state index is 0.727. The maximum atomic E-state index is 4.08. The van der Waals surface area contributed by atoms with Gasteiger partial charge in [-0.1, -0.05) is 0 Å². The van der Waals surface area contributed by atoms with Crippen molar-refractivity contribution in [3.05, 3.63) is 16.6 Å². The molecular weight excluding hydrogens is 192 g/mol. The quantitative estimate of drug-likeness (QED) is 0.804. The number of thiazole rings is 1. The first-order valence-electron chi connectivity index (χ1n) is 5.47. The fraction of sp³-hybridized carbons (Fsp3) is 0.727. The van der Waals surface area contributed by atoms with Crippen molar-refractivity contribution in [1.82, 2.24) is 10.3 Å². The van der Waals surface area contributed by atoms with Gasteiger partial charge in [-0.3, -0.25) is 4.98 Å². The molecule has 1 heterocycles. The second kappa shape index (κ2) is 3.31. The predicted octanol–water partition coefficient (Wildman–Crippen LogP) is 2.42. The van der Waals surface area contributed by atoms with Crippen molar-refractivity contribution in [1.29, 1.82) is 0 Å². The molecule has 0 amide bonds. The van der Waals surface area contributed by atoms with Gasteiger partial charge >= 0.3 is 0 Å². The highest BCUT2D eigenvalue weighted by Crippen LogP contribution is 2.60. The number of rotatable bonds is 5. The van der Waals surface area contributed by atoms with E-state index in [0.29, 0.717) is 0 Å². The number of hydrogen-bond acceptors (Lipinski definition) is 3. The molecule has 0 saturated heterocycles. The maximum Gasteiger partial charge on any atom is 0.0794 e. The van der Waals surface area contributed by atoms with E-state index in [4.69, 9.17) is 0 Å². The van der Waals surface area contributed by atoms with E-state index in [2.05, 4.69) is 10.3 Å². The summed E-state index contributed by atoms with van der Waals surface area (Å²) in [5.41, 5.74) is 2.63. The molecule has 14 heavy (non-hydrogen) atoms. The molecular formula is C11H16N2S. The predicted molar refractivity (Wildman–Crippen MR) is 58.2 cm³/mol. The second-order valence-corrected chi connectivity index (χ2v) is 5.68. The minimum atomic E-state index is 0.727. The molecule has 0 bridgehead atoms. The molecule has 3 heteroatoms. The standard InChI is InChI=1S/C11H16N2S/c1-2-9(1)11(3-4-11)7-12-5-10-6-13-8-14-10/h6,8-9,12H,1-5,7H2. The first-order chi connectivity index (χ1) is 6.89. The van der Waals surface area contributed by atoms with Gasteiger partial charge in [-0.05, 0) is 37.0 Å². The van der Waals surface area contributed by atoms with E-state index < -0.39 is 0 Å². The normalized spacial score (nSPS) is 23.7. The van der Waals surface area contributed by atoms with E-state index in [1.807, 2.05) is 11.7 Å². The van der Waals surface area contributed by atoms with Gasteiger partial charge in [0.1, 0.15) is 0 Å². The zero-order valence-corrected chi connectivity index (χ0v) is 9.15. The number of nitrogens with zero attached hydrogens (tertiary/aromatic N) is 1. The van der Waals surface area contributed by atoms with Crippen molar-refractivity contribution in [2.45, 2.75) is 32.2 Å². The average molecular weight is 208 g/mol. The van der Waals surface area contributed by atoms with Crippen LogP contribution < -0.4 is 5.32 Å². The van der Waals surface area contributed by atoms with Crippen LogP contribution in [0.2, 0.25) is 0 Å². The highest BCUT2D eigenvalue weighted by molar-refractivity contribution is 7.09. The van der Waals surface area contributed by atoms with Crippen LogP contribution in [0.15, 0.2) is 11.7 Å². The summed E-state index contributed by atoms with van der Waals surface area (Å²) < 4.78 is 0. The van der Waals surface area contributed by atoms with Crippen molar-refractivity contribution in [2.75, 3.05) is 6.54 Å². The molecule has 3 rings (SSSR count). The Morgan fingerprint density at radius 1 is 1.50 bits per heavy atom. The van der Waals surface area contributed by atoms with Crippen molar-refractivity contribution in [3.63, 3.8) is 0 Å². The van der Waals surface area contributed by atoms with Crippen molar-refractivity contribution in [3.8, 4) is 0 Å². The lowest BCUT2D eigenvalue weighted by atomic mass is 10.0. The summed E-state index contributed by atoms with van der Waals surface area (Å²) in [6.45, 7) is 2.24. The number of nitrogens with one attached hydrogen (secondary N) is 1. The SMILES string of the molecule is c1ncc(CNCC2(C3CC3)CC2)s1. The second-order valence-electron chi connectivity index (χ2n) is 4.71. The summed E-state index contributed by atoms with van der Waals surface area (Å²) >= 11 is 1.74. The molecule has 0 atom stereocenters. The molecule has 0 aliphatic heterocycles. The molecule has 2 aliphatic carbocycles. The molecule has 2 aliphatic rings. The van der Waals surface area contributed by atoms with E-state index in [1.165, 1.54) is 37.1 Å². The number of aromatic nitrogens is 1. The van der Waals surface area contributed by atoms with Gasteiger partial charge in [-0.15, -0.1) is 11.3 Å². The van der Waals surface area contributed by atoms with Crippen LogP contribution in [0.4, 0.5) is 0 Å². The number of hydrogen-bond donors (Lipinski definition) is 1. The van der Waals surface area contributed by atoms with Crippen LogP contribution in [0.5, 0.6) is 0 Å². The van der Waals surface area contributed by atoms with Crippen molar-refractivity contribution >= 4 is 11.3 Å². The Morgan fingerprint density at radius 3 is 2.93 bits per heavy atom. The third kappa shape index (κ3) is 1.71. The minimum Gasteiger partial charge on any atom is -0.311 e. The van der Waals surface area contributed by atoms with Crippen molar-refractivity contribution in [2.24, 2.45) is 11.3 Å². The van der Waals surface area contributed by atoms with Crippen LogP contribution in [0.1, 0.15) is 30.6 Å². The van der Waals surface area contributed by atoms with E-state index >= 15 is 0 Å². The van der Waals surface area contributed by atoms with Crippen LogP contribution in [-0.4, -0.2) is 11.5 Å². The van der Waals surface area contributed by atoms with Crippen LogP contribution in [-0.2, 0) is 6.54 Å². The highest BCUT2D eigenvalue weighted by atomic mass is 32.1. The van der Waals surface area contributed by atoms with Crippen LogP contribution in [0.3, 0.4) is 0 Å². The zero-order chi connectivity index (χ0) is 9.43. The molecule has 1 aromatic rings. The van der Waals surface area contributed by atoms with Crippen LogP contribution in [0, 0.1) is 11.3 Å². The largest absolute Gasteiger partial charge is 0.311 e. The van der Waals surface area contributed by atoms with Crippen LogP contribution in [0.25, 0.3) is 0 Å². The Balaban J connectivity index is 1.46. The summed E-state index contributed by atoms with van der Waals surface area (Å²) in [5.74, 6) is 1.07. The molecule has 0 spiro atoms. The average Bonchev–Trinajstić information content (AvgIpc) is 3.07. The van der Waals surface area contributed by atoms with Gasteiger partial charge in [0.25, 0.3) is 0 Å². The highest BCUT2D eigenvalue weighted by Gasteiger charge is 2.53. The smallest absolute Gasteiger partial charge is 0.0794 e. The Labute approximate surface area is 88.7 Å². The van der Waals surface area contributed by atoms with Gasteiger partial charge in [-0.25, -0.2) is 0 Å². The van der Waals surface area contributed by atoms with Gasteiger partial charge in [0.05, 0.1) is 5.51 Å². The summed E-state index contributed by atoms with van der Waals surface area (Å²) in [6, 6.07) is 0. The topological polar surface area (TPSA) is 24.9 Å². The Kier molecular flexibility index (Phi) is 2.10. The third-order valence-electron chi connectivity index (χ3n) is 3.60. The van der Waals surface area contributed by atoms with Crippen molar-refractivity contribution < 1.29 is 0 Å². The molecule has 2 nitrogen and oxygen atoms in total. The van der Waals surface area contributed by atoms with E-state index in [-0.39, 0.29) is 0 Å². The van der Waals surface area contributed by atoms with Gasteiger partial charge in [-0.2, -0.15) is 0 Å². The first kappa shape index (κ1) is 8.86. The first-order valence-corrected chi connectivity index (χ1v) is 6.35. The van der Waals surface area contributed by atoms with Gasteiger partial charge in [0.2, 0.25) is 0 Å². The third-order valence-corrected chi connectivity index (χ3v) is 4.37. The fourth-order valence-corrected chi connectivity index (χ4v) is 2.91. The lowest BCUT2D eigenvalue weighted by Gasteiger charge is -2.14. The molecule has 1 aromatic heterocycles. The Morgan fingerprint density at radius 2 is 2.36 bits per heavy atom. The molecule has 0 aromatic carbocycles. The van der Waals surface area contributed by atoms with Gasteiger partial charge < -0.3 is 5.32 Å². The Hall–Kier alpha value is -0.410. The lowest BCUT2D eigenvalue weighted by molar-refractivity contribution is 0.404. The monoisotopic (exact) mass is 208 g/mol. The molecule has 2 fully saturated rings. The van der Waals surface area contributed by atoms with E-state index in [0.717, 1.165) is 17.9 Å². The maximum absolute atomic E-state index is 4.08. The molecule has 1 N–H and O–H groups in total. The summed E-state index contributed by atoms with van der Waals surface area (Å²) in [7, 11) is 0. The zero-order valence-electron chi connectivity index (χ0n) is 8.33. The molecule has 0 unspecified atom stereocenters.